The normalized spacial score (nSPS) is 10.7. The minimum Gasteiger partial charge on any atom is -0.378 e. The zero-order valence-corrected chi connectivity index (χ0v) is 10.2. The standard InChI is InChI=1S/C12H10ClN5/c13-9-1-3-10(4-2-9)15-8-12-17-16-11-7-14-5-6-18(11)12/h1-7,15H,8H2. The van der Waals surface area contributed by atoms with Crippen molar-refractivity contribution in [3.8, 4) is 0 Å². The van der Waals surface area contributed by atoms with Gasteiger partial charge in [0.15, 0.2) is 11.5 Å². The summed E-state index contributed by atoms with van der Waals surface area (Å²) in [6.07, 6.45) is 5.23. The number of nitrogens with one attached hydrogen (secondary N) is 1. The highest BCUT2D eigenvalue weighted by molar-refractivity contribution is 6.30. The highest BCUT2D eigenvalue weighted by Gasteiger charge is 2.04. The Morgan fingerprint density at radius 1 is 1.17 bits per heavy atom. The van der Waals surface area contributed by atoms with E-state index in [0.29, 0.717) is 6.54 Å². The lowest BCUT2D eigenvalue weighted by Crippen LogP contribution is -2.03. The number of hydrogen-bond acceptors (Lipinski definition) is 4. The third-order valence-electron chi connectivity index (χ3n) is 2.58. The molecule has 3 aromatic rings. The highest BCUT2D eigenvalue weighted by atomic mass is 35.5. The van der Waals surface area contributed by atoms with Crippen LogP contribution in [0.15, 0.2) is 42.9 Å². The fourth-order valence-corrected chi connectivity index (χ4v) is 1.80. The Morgan fingerprint density at radius 2 is 2.00 bits per heavy atom. The number of nitrogens with zero attached hydrogens (tertiary/aromatic N) is 4. The first-order valence-corrected chi connectivity index (χ1v) is 5.84. The van der Waals surface area contributed by atoms with E-state index in [2.05, 4.69) is 20.5 Å². The predicted octanol–water partition coefficient (Wildman–Crippen LogP) is 2.39. The average Bonchev–Trinajstić information content (AvgIpc) is 2.82. The first kappa shape index (κ1) is 11.0. The van der Waals surface area contributed by atoms with Crippen LogP contribution in [0.4, 0.5) is 5.69 Å². The topological polar surface area (TPSA) is 55.1 Å². The quantitative estimate of drug-likeness (QED) is 0.785. The maximum Gasteiger partial charge on any atom is 0.179 e. The Balaban J connectivity index is 1.79. The minimum absolute atomic E-state index is 0.590. The van der Waals surface area contributed by atoms with E-state index in [4.69, 9.17) is 11.6 Å². The molecule has 1 N–H and O–H groups in total. The molecule has 0 aliphatic rings. The Morgan fingerprint density at radius 3 is 2.83 bits per heavy atom. The molecule has 0 amide bonds. The lowest BCUT2D eigenvalue weighted by molar-refractivity contribution is 0.915. The summed E-state index contributed by atoms with van der Waals surface area (Å²) in [6, 6.07) is 7.53. The third-order valence-corrected chi connectivity index (χ3v) is 2.83. The van der Waals surface area contributed by atoms with E-state index in [0.717, 1.165) is 22.2 Å². The summed E-state index contributed by atoms with van der Waals surface area (Å²) in [5.74, 6) is 0.836. The van der Waals surface area contributed by atoms with E-state index in [1.165, 1.54) is 0 Å². The molecule has 0 aliphatic carbocycles. The molecule has 0 fully saturated rings. The van der Waals surface area contributed by atoms with Gasteiger partial charge in [0.05, 0.1) is 12.7 Å². The molecular formula is C12H10ClN5. The van der Waals surface area contributed by atoms with Crippen molar-refractivity contribution in [3.63, 3.8) is 0 Å². The van der Waals surface area contributed by atoms with Gasteiger partial charge in [0.2, 0.25) is 0 Å². The van der Waals surface area contributed by atoms with Crippen LogP contribution in [0.1, 0.15) is 5.82 Å². The van der Waals surface area contributed by atoms with Crippen molar-refractivity contribution in [2.45, 2.75) is 6.54 Å². The Hall–Kier alpha value is -2.14. The van der Waals surface area contributed by atoms with E-state index in [9.17, 15) is 0 Å². The molecular weight excluding hydrogens is 250 g/mol. The molecule has 0 radical (unpaired) electrons. The fourth-order valence-electron chi connectivity index (χ4n) is 1.67. The van der Waals surface area contributed by atoms with Crippen LogP contribution in [-0.2, 0) is 6.54 Å². The van der Waals surface area contributed by atoms with Crippen LogP contribution in [0.2, 0.25) is 5.02 Å². The lowest BCUT2D eigenvalue weighted by Gasteiger charge is -2.04. The van der Waals surface area contributed by atoms with Crippen molar-refractivity contribution < 1.29 is 0 Å². The first-order chi connectivity index (χ1) is 8.83. The number of anilines is 1. The van der Waals surface area contributed by atoms with Gasteiger partial charge in [-0.2, -0.15) is 0 Å². The van der Waals surface area contributed by atoms with Crippen LogP contribution in [0, 0.1) is 0 Å². The fraction of sp³-hybridized carbons (Fsp3) is 0.0833. The summed E-state index contributed by atoms with van der Waals surface area (Å²) < 4.78 is 1.90. The highest BCUT2D eigenvalue weighted by Crippen LogP contribution is 2.14. The van der Waals surface area contributed by atoms with Crippen molar-refractivity contribution in [1.29, 1.82) is 0 Å². The number of benzene rings is 1. The van der Waals surface area contributed by atoms with E-state index >= 15 is 0 Å². The first-order valence-electron chi connectivity index (χ1n) is 5.46. The van der Waals surface area contributed by atoms with Crippen LogP contribution in [0.5, 0.6) is 0 Å². The number of fused-ring (bicyclic) bond motifs is 1. The molecule has 18 heavy (non-hydrogen) atoms. The van der Waals surface area contributed by atoms with Crippen molar-refractivity contribution in [2.75, 3.05) is 5.32 Å². The molecule has 0 unspecified atom stereocenters. The van der Waals surface area contributed by atoms with Gasteiger partial charge in [-0.15, -0.1) is 10.2 Å². The molecule has 2 heterocycles. The summed E-state index contributed by atoms with van der Waals surface area (Å²) in [5, 5.41) is 12.1. The molecule has 90 valence electrons. The van der Waals surface area contributed by atoms with E-state index in [-0.39, 0.29) is 0 Å². The Kier molecular flexibility index (Phi) is 2.82. The second-order valence-corrected chi connectivity index (χ2v) is 4.22. The molecule has 0 aliphatic heterocycles. The predicted molar refractivity (Wildman–Crippen MR) is 69.6 cm³/mol. The van der Waals surface area contributed by atoms with Crippen LogP contribution >= 0.6 is 11.6 Å². The van der Waals surface area contributed by atoms with Crippen LogP contribution < -0.4 is 5.32 Å². The van der Waals surface area contributed by atoms with Gasteiger partial charge < -0.3 is 5.32 Å². The SMILES string of the molecule is Clc1ccc(NCc2nnc3cnccn23)cc1. The molecule has 1 aromatic carbocycles. The molecule has 6 heteroatoms. The maximum absolute atomic E-state index is 5.83. The molecule has 2 aromatic heterocycles. The van der Waals surface area contributed by atoms with Crippen LogP contribution in [-0.4, -0.2) is 19.6 Å². The zero-order chi connectivity index (χ0) is 12.4. The van der Waals surface area contributed by atoms with Gasteiger partial charge >= 0.3 is 0 Å². The maximum atomic E-state index is 5.83. The number of aromatic nitrogens is 4. The van der Waals surface area contributed by atoms with Gasteiger partial charge in [0.1, 0.15) is 0 Å². The van der Waals surface area contributed by atoms with E-state index in [1.807, 2.05) is 34.9 Å². The number of halogens is 1. The summed E-state index contributed by atoms with van der Waals surface area (Å²) in [7, 11) is 0. The molecule has 0 atom stereocenters. The summed E-state index contributed by atoms with van der Waals surface area (Å²) in [4.78, 5) is 4.00. The summed E-state index contributed by atoms with van der Waals surface area (Å²) in [6.45, 7) is 0.590. The van der Waals surface area contributed by atoms with Gasteiger partial charge in [-0.25, -0.2) is 0 Å². The Labute approximate surface area is 108 Å². The van der Waals surface area contributed by atoms with Crippen LogP contribution in [0.25, 0.3) is 5.65 Å². The molecule has 0 saturated heterocycles. The Bertz CT molecular complexity index is 662. The van der Waals surface area contributed by atoms with E-state index < -0.39 is 0 Å². The number of hydrogen-bond donors (Lipinski definition) is 1. The molecule has 3 rings (SSSR count). The average molecular weight is 260 g/mol. The second-order valence-electron chi connectivity index (χ2n) is 3.78. The molecule has 0 saturated carbocycles. The van der Waals surface area contributed by atoms with Gasteiger partial charge in [0, 0.05) is 23.1 Å². The zero-order valence-electron chi connectivity index (χ0n) is 9.42. The van der Waals surface area contributed by atoms with Gasteiger partial charge in [-0.1, -0.05) is 11.6 Å². The smallest absolute Gasteiger partial charge is 0.179 e. The van der Waals surface area contributed by atoms with Crippen molar-refractivity contribution in [1.82, 2.24) is 19.6 Å². The third kappa shape index (κ3) is 2.12. The minimum atomic E-state index is 0.590. The monoisotopic (exact) mass is 259 g/mol. The molecule has 0 spiro atoms. The molecule has 0 bridgehead atoms. The van der Waals surface area contributed by atoms with Crippen molar-refractivity contribution in [3.05, 3.63) is 53.7 Å². The van der Waals surface area contributed by atoms with Gasteiger partial charge in [-0.3, -0.25) is 9.38 Å². The number of rotatable bonds is 3. The summed E-state index contributed by atoms with van der Waals surface area (Å²) >= 11 is 5.83. The van der Waals surface area contributed by atoms with E-state index in [1.54, 1.807) is 12.4 Å². The van der Waals surface area contributed by atoms with Gasteiger partial charge in [-0.05, 0) is 24.3 Å². The largest absolute Gasteiger partial charge is 0.378 e. The summed E-state index contributed by atoms with van der Waals surface area (Å²) in [5.41, 5.74) is 1.73. The lowest BCUT2D eigenvalue weighted by atomic mass is 10.3. The molecule has 5 nitrogen and oxygen atoms in total. The van der Waals surface area contributed by atoms with Gasteiger partial charge in [0.25, 0.3) is 0 Å². The van der Waals surface area contributed by atoms with Crippen molar-refractivity contribution >= 4 is 22.9 Å². The second kappa shape index (κ2) is 4.62. The van der Waals surface area contributed by atoms with Crippen molar-refractivity contribution in [2.24, 2.45) is 0 Å². The van der Waals surface area contributed by atoms with Crippen LogP contribution in [0.3, 0.4) is 0 Å².